The van der Waals surface area contributed by atoms with Gasteiger partial charge in [0.25, 0.3) is 0 Å². The molecule has 15 heavy (non-hydrogen) atoms. The van der Waals surface area contributed by atoms with Crippen LogP contribution in [-0.4, -0.2) is 15.5 Å². The number of nitrogens with zero attached hydrogens (tertiary/aromatic N) is 1. The molecule has 0 aliphatic carbocycles. The molecule has 1 aromatic heterocycles. The molecule has 0 saturated heterocycles. The van der Waals surface area contributed by atoms with E-state index >= 15 is 0 Å². The van der Waals surface area contributed by atoms with E-state index in [-0.39, 0.29) is 6.10 Å². The maximum Gasteiger partial charge on any atom is 0.227 e. The largest absolute Gasteiger partial charge is 0.475 e. The molecule has 0 N–H and O–H groups in total. The van der Waals surface area contributed by atoms with Crippen LogP contribution >= 0.6 is 58.5 Å². The molecule has 1 aromatic rings. The van der Waals surface area contributed by atoms with E-state index in [0.717, 1.165) is 6.42 Å². The summed E-state index contributed by atoms with van der Waals surface area (Å²) in [6.07, 6.45) is 1.04. The summed E-state index contributed by atoms with van der Waals surface area (Å²) in [5.41, 5.74) is 0. The van der Waals surface area contributed by atoms with Crippen molar-refractivity contribution in [2.75, 3.05) is 0 Å². The molecule has 0 spiro atoms. The molecular weight excluding hydrogens is 293 g/mol. The minimum absolute atomic E-state index is 0.121. The van der Waals surface area contributed by atoms with E-state index in [1.54, 1.807) is 0 Å². The fourth-order valence-electron chi connectivity index (χ4n) is 0.652. The molecule has 1 atom stereocenters. The second kappa shape index (κ2) is 6.25. The Morgan fingerprint density at radius 2 is 2.33 bits per heavy atom. The average molecular weight is 302 g/mol. The van der Waals surface area contributed by atoms with E-state index in [1.807, 2.05) is 13.8 Å². The summed E-state index contributed by atoms with van der Waals surface area (Å²) in [6, 6.07) is 0. The first-order valence-corrected chi connectivity index (χ1v) is 7.03. The predicted molar refractivity (Wildman–Crippen MR) is 71.4 cm³/mol. The second-order valence-electron chi connectivity index (χ2n) is 2.73. The van der Waals surface area contributed by atoms with Gasteiger partial charge in [-0.25, -0.2) is 4.98 Å². The number of hydrogen-bond donors (Lipinski definition) is 0. The maximum atomic E-state index is 5.77. The summed E-state index contributed by atoms with van der Waals surface area (Å²) in [5, 5.41) is 0.315. The molecule has 1 unspecified atom stereocenters. The Morgan fingerprint density at radius 3 is 2.80 bits per heavy atom. The van der Waals surface area contributed by atoms with E-state index in [9.17, 15) is 0 Å². The van der Waals surface area contributed by atoms with Crippen LogP contribution in [-0.2, 0) is 4.74 Å². The Morgan fingerprint density at radius 1 is 1.67 bits per heavy atom. The van der Waals surface area contributed by atoms with Gasteiger partial charge in [-0.15, -0.1) is 0 Å². The first kappa shape index (κ1) is 13.5. The number of halogens is 2. The van der Waals surface area contributed by atoms with Gasteiger partial charge in [0.2, 0.25) is 4.38 Å². The van der Waals surface area contributed by atoms with Crippen molar-refractivity contribution in [3.05, 3.63) is 9.49 Å². The number of aromatic nitrogens is 1. The predicted octanol–water partition coefficient (Wildman–Crippen LogP) is 4.64. The van der Waals surface area contributed by atoms with Crippen LogP contribution in [0.25, 0.3) is 0 Å². The van der Waals surface area contributed by atoms with Gasteiger partial charge in [-0.05, 0) is 37.3 Å². The zero-order valence-corrected chi connectivity index (χ0v) is 12.1. The summed E-state index contributed by atoms with van der Waals surface area (Å²) in [4.78, 5) is 4.03. The molecule has 0 radical (unpaired) electrons. The molecular formula is C8H9Cl2NOS3. The lowest BCUT2D eigenvalue weighted by Crippen LogP contribution is -2.09. The molecule has 84 valence electrons. The third-order valence-corrected chi connectivity index (χ3v) is 4.48. The molecule has 2 nitrogen and oxygen atoms in total. The van der Waals surface area contributed by atoms with E-state index in [1.165, 1.54) is 23.1 Å². The molecule has 0 bridgehead atoms. The molecule has 1 heterocycles. The molecule has 0 aliphatic heterocycles. The zero-order chi connectivity index (χ0) is 11.4. The summed E-state index contributed by atoms with van der Waals surface area (Å²) in [6.45, 7) is 4.00. The minimum Gasteiger partial charge on any atom is -0.475 e. The Labute approximate surface area is 112 Å². The average Bonchev–Trinajstić information content (AvgIpc) is 2.45. The van der Waals surface area contributed by atoms with E-state index in [2.05, 4.69) is 4.98 Å². The van der Waals surface area contributed by atoms with Crippen LogP contribution < -0.4 is 0 Å². The van der Waals surface area contributed by atoms with Crippen molar-refractivity contribution in [2.45, 2.75) is 30.7 Å². The first-order chi connectivity index (χ1) is 7.02. The molecule has 0 fully saturated rings. The Bertz CT molecular complexity index is 336. The molecule has 0 saturated carbocycles. The maximum absolute atomic E-state index is 5.77. The van der Waals surface area contributed by atoms with Gasteiger partial charge >= 0.3 is 0 Å². The van der Waals surface area contributed by atoms with Gasteiger partial charge in [-0.1, -0.05) is 41.5 Å². The smallest absolute Gasteiger partial charge is 0.227 e. The van der Waals surface area contributed by atoms with Crippen LogP contribution in [0.1, 0.15) is 20.3 Å². The summed E-state index contributed by atoms with van der Waals surface area (Å²) >= 11 is 19.1. The molecule has 0 amide bonds. The van der Waals surface area contributed by atoms with Crippen molar-refractivity contribution in [2.24, 2.45) is 0 Å². The Balaban J connectivity index is 2.51. The number of thioether (sulfide) groups is 1. The highest BCUT2D eigenvalue weighted by atomic mass is 35.5. The number of thiocarbonyl (C=S) groups is 1. The van der Waals surface area contributed by atoms with Crippen LogP contribution in [0.3, 0.4) is 0 Å². The van der Waals surface area contributed by atoms with Gasteiger partial charge in [0, 0.05) is 0 Å². The van der Waals surface area contributed by atoms with Crippen molar-refractivity contribution >= 4 is 62.9 Å². The number of hydrogen-bond acceptors (Lipinski definition) is 5. The SMILES string of the molecule is CCC(C)OC(=S)Sc1nc(Cl)c(Cl)s1. The number of thiazole rings is 1. The van der Waals surface area contributed by atoms with Gasteiger partial charge in [0.05, 0.1) is 6.10 Å². The fraction of sp³-hybridized carbons (Fsp3) is 0.500. The Hall–Kier alpha value is 0.450. The quantitative estimate of drug-likeness (QED) is 0.599. The lowest BCUT2D eigenvalue weighted by atomic mass is 10.3. The lowest BCUT2D eigenvalue weighted by Gasteiger charge is -2.11. The third-order valence-electron chi connectivity index (χ3n) is 1.57. The van der Waals surface area contributed by atoms with Crippen molar-refractivity contribution in [1.29, 1.82) is 0 Å². The first-order valence-electron chi connectivity index (χ1n) is 4.23. The summed E-state index contributed by atoms with van der Waals surface area (Å²) in [7, 11) is 0. The number of ether oxygens (including phenoxy) is 1. The van der Waals surface area contributed by atoms with Gasteiger partial charge in [0.15, 0.2) is 9.49 Å². The van der Waals surface area contributed by atoms with Gasteiger partial charge in [0.1, 0.15) is 4.34 Å². The zero-order valence-electron chi connectivity index (χ0n) is 8.12. The fourth-order valence-corrected chi connectivity index (χ4v) is 3.47. The highest BCUT2D eigenvalue weighted by molar-refractivity contribution is 8.23. The summed E-state index contributed by atoms with van der Waals surface area (Å²) in [5.74, 6) is 0. The molecule has 0 aromatic carbocycles. The van der Waals surface area contributed by atoms with Gasteiger partial charge < -0.3 is 4.74 Å². The lowest BCUT2D eigenvalue weighted by molar-refractivity contribution is 0.217. The Kier molecular flexibility index (Phi) is 5.63. The molecule has 0 aliphatic rings. The van der Waals surface area contributed by atoms with Crippen LogP contribution in [0.15, 0.2) is 4.34 Å². The van der Waals surface area contributed by atoms with E-state index in [4.69, 9.17) is 40.2 Å². The van der Waals surface area contributed by atoms with Gasteiger partial charge in [-0.3, -0.25) is 0 Å². The van der Waals surface area contributed by atoms with E-state index in [0.29, 0.717) is 18.2 Å². The van der Waals surface area contributed by atoms with Crippen molar-refractivity contribution in [3.63, 3.8) is 0 Å². The van der Waals surface area contributed by atoms with Crippen molar-refractivity contribution in [1.82, 2.24) is 4.98 Å². The second-order valence-corrected chi connectivity index (χ2v) is 6.54. The monoisotopic (exact) mass is 301 g/mol. The summed E-state index contributed by atoms with van der Waals surface area (Å²) < 4.78 is 7.06. The topological polar surface area (TPSA) is 22.1 Å². The van der Waals surface area contributed by atoms with Crippen LogP contribution in [0.5, 0.6) is 0 Å². The molecule has 7 heteroatoms. The normalized spacial score (nSPS) is 12.5. The van der Waals surface area contributed by atoms with Crippen LogP contribution in [0, 0.1) is 0 Å². The van der Waals surface area contributed by atoms with Crippen LogP contribution in [0.4, 0.5) is 0 Å². The van der Waals surface area contributed by atoms with E-state index < -0.39 is 0 Å². The van der Waals surface area contributed by atoms with Crippen molar-refractivity contribution < 1.29 is 4.74 Å². The highest BCUT2D eigenvalue weighted by Gasteiger charge is 2.12. The van der Waals surface area contributed by atoms with Crippen LogP contribution in [0.2, 0.25) is 9.49 Å². The number of rotatable bonds is 3. The van der Waals surface area contributed by atoms with Crippen molar-refractivity contribution in [3.8, 4) is 0 Å². The molecule has 1 rings (SSSR count). The minimum atomic E-state index is 0.121. The standard InChI is InChI=1S/C8H9Cl2NOS3/c1-3-4(2)12-8(13)15-7-11-5(9)6(10)14-7/h4H,3H2,1-2H3. The highest BCUT2D eigenvalue weighted by Crippen LogP contribution is 2.34. The third kappa shape index (κ3) is 4.44. The van der Waals surface area contributed by atoms with Gasteiger partial charge in [-0.2, -0.15) is 0 Å².